The first-order chi connectivity index (χ1) is 11.3. The first kappa shape index (κ1) is 15.8. The quantitative estimate of drug-likeness (QED) is 0.910. The van der Waals surface area contributed by atoms with Gasteiger partial charge in [0.05, 0.1) is 6.20 Å². The zero-order valence-corrected chi connectivity index (χ0v) is 13.6. The highest BCUT2D eigenvalue weighted by Crippen LogP contribution is 2.24. The van der Waals surface area contributed by atoms with E-state index in [0.29, 0.717) is 11.7 Å². The van der Waals surface area contributed by atoms with Crippen molar-refractivity contribution in [3.05, 3.63) is 30.4 Å². The Bertz CT molecular complexity index is 622. The first-order valence-corrected chi connectivity index (χ1v) is 8.39. The van der Waals surface area contributed by atoms with Crippen molar-refractivity contribution in [3.8, 4) is 11.5 Å². The molecule has 1 aliphatic heterocycles. The minimum Gasteiger partial charge on any atom is -0.356 e. The fourth-order valence-corrected chi connectivity index (χ4v) is 2.96. The van der Waals surface area contributed by atoms with Gasteiger partial charge in [0.15, 0.2) is 5.82 Å². The number of nitrogens with two attached hydrogens (primary N) is 1. The van der Waals surface area contributed by atoms with E-state index in [0.717, 1.165) is 62.5 Å². The zero-order chi connectivity index (χ0) is 16.1. The van der Waals surface area contributed by atoms with Crippen LogP contribution < -0.4 is 10.6 Å². The molecule has 3 rings (SSSR count). The van der Waals surface area contributed by atoms with Gasteiger partial charge in [-0.1, -0.05) is 13.3 Å². The highest BCUT2D eigenvalue weighted by Gasteiger charge is 2.20. The molecule has 0 atom stereocenters. The minimum atomic E-state index is 0.641. The average molecular weight is 312 g/mol. The van der Waals surface area contributed by atoms with Crippen molar-refractivity contribution in [1.29, 1.82) is 0 Å². The van der Waals surface area contributed by atoms with Crippen molar-refractivity contribution in [1.82, 2.24) is 19.9 Å². The molecule has 0 radical (unpaired) electrons. The highest BCUT2D eigenvalue weighted by molar-refractivity contribution is 5.53. The molecule has 3 heterocycles. The number of anilines is 1. The Labute approximate surface area is 137 Å². The molecule has 1 fully saturated rings. The molecule has 0 unspecified atom stereocenters. The predicted octanol–water partition coefficient (Wildman–Crippen LogP) is 2.06. The molecule has 6 heteroatoms. The SMILES string of the molecule is CCCc1cc(N2CCC(CN)CC2)nc(-c2cnccn2)n1. The Morgan fingerprint density at radius 2 is 2.04 bits per heavy atom. The van der Waals surface area contributed by atoms with Crippen LogP contribution in [0.3, 0.4) is 0 Å². The van der Waals surface area contributed by atoms with Crippen LogP contribution in [0, 0.1) is 5.92 Å². The second-order valence-corrected chi connectivity index (χ2v) is 6.05. The van der Waals surface area contributed by atoms with Gasteiger partial charge in [-0.25, -0.2) is 15.0 Å². The second-order valence-electron chi connectivity index (χ2n) is 6.05. The van der Waals surface area contributed by atoms with Gasteiger partial charge in [-0.2, -0.15) is 0 Å². The van der Waals surface area contributed by atoms with Crippen molar-refractivity contribution in [2.75, 3.05) is 24.5 Å². The Morgan fingerprint density at radius 1 is 1.22 bits per heavy atom. The van der Waals surface area contributed by atoms with Crippen LogP contribution in [0.1, 0.15) is 31.9 Å². The zero-order valence-electron chi connectivity index (χ0n) is 13.6. The fraction of sp³-hybridized carbons (Fsp3) is 0.529. The fourth-order valence-electron chi connectivity index (χ4n) is 2.96. The van der Waals surface area contributed by atoms with E-state index in [-0.39, 0.29) is 0 Å². The molecule has 122 valence electrons. The van der Waals surface area contributed by atoms with Gasteiger partial charge in [0.25, 0.3) is 0 Å². The van der Waals surface area contributed by atoms with E-state index in [4.69, 9.17) is 10.7 Å². The predicted molar refractivity (Wildman–Crippen MR) is 91.0 cm³/mol. The Hall–Kier alpha value is -2.08. The number of aromatic nitrogens is 4. The van der Waals surface area contributed by atoms with E-state index in [9.17, 15) is 0 Å². The summed E-state index contributed by atoms with van der Waals surface area (Å²) >= 11 is 0. The molecule has 1 saturated heterocycles. The van der Waals surface area contributed by atoms with Crippen molar-refractivity contribution >= 4 is 5.82 Å². The van der Waals surface area contributed by atoms with Gasteiger partial charge in [-0.15, -0.1) is 0 Å². The molecule has 0 amide bonds. The normalized spacial score (nSPS) is 15.8. The molecule has 2 aromatic rings. The van der Waals surface area contributed by atoms with Gasteiger partial charge < -0.3 is 10.6 Å². The summed E-state index contributed by atoms with van der Waals surface area (Å²) in [7, 11) is 0. The third-order valence-electron chi connectivity index (χ3n) is 4.34. The second kappa shape index (κ2) is 7.46. The summed E-state index contributed by atoms with van der Waals surface area (Å²) in [5, 5.41) is 0. The standard InChI is InChI=1S/C17H24N6/c1-2-3-14-10-16(23-8-4-13(11-18)5-9-23)22-17(21-14)15-12-19-6-7-20-15/h6-7,10,12-13H,2-5,8-9,11,18H2,1H3. The maximum absolute atomic E-state index is 5.79. The smallest absolute Gasteiger partial charge is 0.182 e. The Balaban J connectivity index is 1.89. The number of nitrogens with zero attached hydrogens (tertiary/aromatic N) is 5. The summed E-state index contributed by atoms with van der Waals surface area (Å²) in [6.07, 6.45) is 9.33. The van der Waals surface area contributed by atoms with E-state index in [1.807, 2.05) is 0 Å². The molecule has 0 saturated carbocycles. The number of hydrogen-bond acceptors (Lipinski definition) is 6. The summed E-state index contributed by atoms with van der Waals surface area (Å²) < 4.78 is 0. The van der Waals surface area contributed by atoms with Gasteiger partial charge in [-0.3, -0.25) is 4.98 Å². The summed E-state index contributed by atoms with van der Waals surface area (Å²) in [5.41, 5.74) is 7.59. The van der Waals surface area contributed by atoms with Crippen molar-refractivity contribution in [2.45, 2.75) is 32.6 Å². The average Bonchev–Trinajstić information content (AvgIpc) is 2.62. The van der Waals surface area contributed by atoms with Gasteiger partial charge >= 0.3 is 0 Å². The van der Waals surface area contributed by atoms with Crippen LogP contribution in [-0.2, 0) is 6.42 Å². The van der Waals surface area contributed by atoms with Crippen LogP contribution in [0.25, 0.3) is 11.5 Å². The third-order valence-corrected chi connectivity index (χ3v) is 4.34. The summed E-state index contributed by atoms with van der Waals surface area (Å²) in [6.45, 7) is 4.95. The van der Waals surface area contributed by atoms with Crippen LogP contribution >= 0.6 is 0 Å². The molecular formula is C17H24N6. The minimum absolute atomic E-state index is 0.641. The monoisotopic (exact) mass is 312 g/mol. The van der Waals surface area contributed by atoms with Crippen LogP contribution in [0.4, 0.5) is 5.82 Å². The van der Waals surface area contributed by atoms with Gasteiger partial charge in [0, 0.05) is 37.2 Å². The Morgan fingerprint density at radius 3 is 2.70 bits per heavy atom. The number of aryl methyl sites for hydroxylation is 1. The van der Waals surface area contributed by atoms with E-state index in [1.54, 1.807) is 18.6 Å². The number of piperidine rings is 1. The van der Waals surface area contributed by atoms with Crippen LogP contribution in [-0.4, -0.2) is 39.6 Å². The van der Waals surface area contributed by atoms with E-state index >= 15 is 0 Å². The number of hydrogen-bond donors (Lipinski definition) is 1. The molecule has 2 aromatic heterocycles. The number of rotatable bonds is 5. The summed E-state index contributed by atoms with van der Waals surface area (Å²) in [4.78, 5) is 20.2. The van der Waals surface area contributed by atoms with Gasteiger partial charge in [0.2, 0.25) is 0 Å². The molecule has 2 N–H and O–H groups in total. The lowest BCUT2D eigenvalue weighted by Gasteiger charge is -2.32. The maximum Gasteiger partial charge on any atom is 0.182 e. The third kappa shape index (κ3) is 3.82. The largest absolute Gasteiger partial charge is 0.356 e. The van der Waals surface area contributed by atoms with Gasteiger partial charge in [0.1, 0.15) is 11.5 Å². The summed E-state index contributed by atoms with van der Waals surface area (Å²) in [5.74, 6) is 2.31. The maximum atomic E-state index is 5.79. The molecule has 0 aliphatic carbocycles. The highest BCUT2D eigenvalue weighted by atomic mass is 15.2. The van der Waals surface area contributed by atoms with E-state index in [2.05, 4.69) is 32.8 Å². The summed E-state index contributed by atoms with van der Waals surface area (Å²) in [6, 6.07) is 2.12. The molecule has 1 aliphatic rings. The van der Waals surface area contributed by atoms with E-state index < -0.39 is 0 Å². The van der Waals surface area contributed by atoms with Crippen LogP contribution in [0.15, 0.2) is 24.7 Å². The molecule has 0 bridgehead atoms. The van der Waals surface area contributed by atoms with Crippen molar-refractivity contribution < 1.29 is 0 Å². The van der Waals surface area contributed by atoms with Crippen LogP contribution in [0.5, 0.6) is 0 Å². The van der Waals surface area contributed by atoms with E-state index in [1.165, 1.54) is 0 Å². The van der Waals surface area contributed by atoms with Gasteiger partial charge in [-0.05, 0) is 31.7 Å². The first-order valence-electron chi connectivity index (χ1n) is 8.39. The molecule has 6 nitrogen and oxygen atoms in total. The molecule has 0 aromatic carbocycles. The lowest BCUT2D eigenvalue weighted by molar-refractivity contribution is 0.413. The van der Waals surface area contributed by atoms with Crippen molar-refractivity contribution in [2.24, 2.45) is 11.7 Å². The van der Waals surface area contributed by atoms with Crippen LogP contribution in [0.2, 0.25) is 0 Å². The molecular weight excluding hydrogens is 288 g/mol. The Kier molecular flexibility index (Phi) is 5.12. The molecule has 23 heavy (non-hydrogen) atoms. The lowest BCUT2D eigenvalue weighted by Crippen LogP contribution is -2.36. The lowest BCUT2D eigenvalue weighted by atomic mass is 9.97. The molecule has 0 spiro atoms. The topological polar surface area (TPSA) is 80.8 Å². The van der Waals surface area contributed by atoms with Crippen molar-refractivity contribution in [3.63, 3.8) is 0 Å².